The number of amides is 1. The minimum atomic E-state index is 0.160. The first kappa shape index (κ1) is 15.8. The maximum absolute atomic E-state index is 12.8. The topological polar surface area (TPSA) is 38.1 Å². The molecule has 1 saturated heterocycles. The normalized spacial score (nSPS) is 18.2. The number of nitrogens with zero attached hydrogens (tertiary/aromatic N) is 3. The molecule has 1 atom stereocenters. The Hall–Kier alpha value is -2.10. The maximum atomic E-state index is 12.8. The van der Waals surface area contributed by atoms with Crippen molar-refractivity contribution in [3.05, 3.63) is 52.8 Å². The molecule has 1 aromatic carbocycles. The van der Waals surface area contributed by atoms with Gasteiger partial charge in [0.2, 0.25) is 0 Å². The number of benzene rings is 1. The smallest absolute Gasteiger partial charge is 0.254 e. The summed E-state index contributed by atoms with van der Waals surface area (Å²) in [6.45, 7) is 7.79. The highest BCUT2D eigenvalue weighted by Crippen LogP contribution is 2.20. The van der Waals surface area contributed by atoms with Crippen LogP contribution in [0.15, 0.2) is 30.3 Å². The summed E-state index contributed by atoms with van der Waals surface area (Å²) in [6.07, 6.45) is 3.45. The van der Waals surface area contributed by atoms with Crippen molar-refractivity contribution >= 4 is 5.91 Å². The number of carbonyl (C=O) groups is 1. The van der Waals surface area contributed by atoms with Gasteiger partial charge in [-0.2, -0.15) is 5.10 Å². The summed E-state index contributed by atoms with van der Waals surface area (Å²) in [6, 6.07) is 10.4. The van der Waals surface area contributed by atoms with E-state index < -0.39 is 0 Å². The molecule has 122 valence electrons. The van der Waals surface area contributed by atoms with Crippen LogP contribution < -0.4 is 0 Å². The van der Waals surface area contributed by atoms with Gasteiger partial charge in [0.15, 0.2) is 0 Å². The number of hydrogen-bond donors (Lipinski definition) is 0. The van der Waals surface area contributed by atoms with Gasteiger partial charge in [0.1, 0.15) is 0 Å². The molecule has 1 aliphatic heterocycles. The SMILES string of the molecule is Cc1cc(C)n(Cc2cccc(C(=O)N3CCCCC3C)c2)n1. The predicted molar refractivity (Wildman–Crippen MR) is 91.6 cm³/mol. The molecular weight excluding hydrogens is 286 g/mol. The Morgan fingerprint density at radius 3 is 2.78 bits per heavy atom. The summed E-state index contributed by atoms with van der Waals surface area (Å²) in [5.41, 5.74) is 4.07. The average Bonchev–Trinajstić information content (AvgIpc) is 2.85. The highest BCUT2D eigenvalue weighted by atomic mass is 16.2. The van der Waals surface area contributed by atoms with E-state index in [9.17, 15) is 4.79 Å². The van der Waals surface area contributed by atoms with E-state index in [4.69, 9.17) is 0 Å². The molecule has 1 fully saturated rings. The molecule has 0 bridgehead atoms. The Kier molecular flexibility index (Phi) is 4.51. The van der Waals surface area contributed by atoms with Gasteiger partial charge in [0.05, 0.1) is 12.2 Å². The summed E-state index contributed by atoms with van der Waals surface area (Å²) >= 11 is 0. The van der Waals surface area contributed by atoms with Crippen LogP contribution in [0.3, 0.4) is 0 Å². The zero-order valence-corrected chi connectivity index (χ0v) is 14.2. The van der Waals surface area contributed by atoms with Crippen LogP contribution in [0.5, 0.6) is 0 Å². The van der Waals surface area contributed by atoms with E-state index in [-0.39, 0.29) is 5.91 Å². The lowest BCUT2D eigenvalue weighted by atomic mass is 10.0. The number of likely N-dealkylation sites (tertiary alicyclic amines) is 1. The minimum Gasteiger partial charge on any atom is -0.336 e. The second-order valence-corrected chi connectivity index (χ2v) is 6.63. The first-order chi connectivity index (χ1) is 11.0. The molecule has 23 heavy (non-hydrogen) atoms. The molecule has 1 aromatic heterocycles. The molecule has 0 spiro atoms. The largest absolute Gasteiger partial charge is 0.336 e. The van der Waals surface area contributed by atoms with Crippen molar-refractivity contribution < 1.29 is 4.79 Å². The van der Waals surface area contributed by atoms with Crippen LogP contribution >= 0.6 is 0 Å². The van der Waals surface area contributed by atoms with Gasteiger partial charge in [-0.25, -0.2) is 0 Å². The van der Waals surface area contributed by atoms with Crippen LogP contribution in [0, 0.1) is 13.8 Å². The highest BCUT2D eigenvalue weighted by Gasteiger charge is 2.24. The molecule has 1 unspecified atom stereocenters. The molecule has 4 nitrogen and oxygen atoms in total. The van der Waals surface area contributed by atoms with E-state index in [0.29, 0.717) is 12.6 Å². The molecule has 0 saturated carbocycles. The maximum Gasteiger partial charge on any atom is 0.254 e. The van der Waals surface area contributed by atoms with Gasteiger partial charge in [0, 0.05) is 23.8 Å². The molecule has 3 rings (SSSR count). The quantitative estimate of drug-likeness (QED) is 0.869. The lowest BCUT2D eigenvalue weighted by Crippen LogP contribution is -2.42. The third kappa shape index (κ3) is 3.46. The van der Waals surface area contributed by atoms with E-state index in [1.165, 1.54) is 6.42 Å². The lowest BCUT2D eigenvalue weighted by Gasteiger charge is -2.33. The summed E-state index contributed by atoms with van der Waals surface area (Å²) in [5.74, 6) is 0.160. The minimum absolute atomic E-state index is 0.160. The monoisotopic (exact) mass is 311 g/mol. The Bertz CT molecular complexity index is 704. The molecular formula is C19H25N3O. The second kappa shape index (κ2) is 6.57. The van der Waals surface area contributed by atoms with Crippen molar-refractivity contribution in [2.75, 3.05) is 6.54 Å². The van der Waals surface area contributed by atoms with Crippen molar-refractivity contribution in [2.24, 2.45) is 0 Å². The second-order valence-electron chi connectivity index (χ2n) is 6.63. The number of aryl methyl sites for hydroxylation is 2. The predicted octanol–water partition coefficient (Wildman–Crippen LogP) is 3.56. The van der Waals surface area contributed by atoms with Gasteiger partial charge in [-0.3, -0.25) is 9.48 Å². The fourth-order valence-electron chi connectivity index (χ4n) is 3.38. The standard InChI is InChI=1S/C19H25N3O/c1-14-11-16(3)22(20-14)13-17-8-6-9-18(12-17)19(23)21-10-5-4-7-15(21)2/h6,8-9,11-12,15H,4-5,7,10,13H2,1-3H3. The molecule has 1 aliphatic rings. The van der Waals surface area contributed by atoms with Crippen molar-refractivity contribution in [3.63, 3.8) is 0 Å². The fraction of sp³-hybridized carbons (Fsp3) is 0.474. The van der Waals surface area contributed by atoms with Crippen molar-refractivity contribution in [1.29, 1.82) is 0 Å². The third-order valence-corrected chi connectivity index (χ3v) is 4.67. The molecule has 0 radical (unpaired) electrons. The number of aromatic nitrogens is 2. The van der Waals surface area contributed by atoms with Gasteiger partial charge in [0.25, 0.3) is 5.91 Å². The summed E-state index contributed by atoms with van der Waals surface area (Å²) in [4.78, 5) is 14.8. The molecule has 0 aliphatic carbocycles. The molecule has 4 heteroatoms. The van der Waals surface area contributed by atoms with Gasteiger partial charge >= 0.3 is 0 Å². The van der Waals surface area contributed by atoms with E-state index in [0.717, 1.165) is 41.9 Å². The van der Waals surface area contributed by atoms with Crippen LogP contribution in [0.25, 0.3) is 0 Å². The zero-order valence-electron chi connectivity index (χ0n) is 14.2. The Balaban J connectivity index is 1.79. The number of hydrogen-bond acceptors (Lipinski definition) is 2. The summed E-state index contributed by atoms with van der Waals surface area (Å²) in [5, 5.41) is 4.50. The van der Waals surface area contributed by atoms with E-state index >= 15 is 0 Å². The summed E-state index contributed by atoms with van der Waals surface area (Å²) in [7, 11) is 0. The Morgan fingerprint density at radius 1 is 1.26 bits per heavy atom. The van der Waals surface area contributed by atoms with Crippen molar-refractivity contribution in [1.82, 2.24) is 14.7 Å². The van der Waals surface area contributed by atoms with Crippen molar-refractivity contribution in [3.8, 4) is 0 Å². The Morgan fingerprint density at radius 2 is 2.09 bits per heavy atom. The zero-order chi connectivity index (χ0) is 16.4. The number of piperidine rings is 1. The number of rotatable bonds is 3. The van der Waals surface area contributed by atoms with Gasteiger partial charge in [-0.15, -0.1) is 0 Å². The third-order valence-electron chi connectivity index (χ3n) is 4.67. The van der Waals surface area contributed by atoms with Crippen LogP contribution in [0.1, 0.15) is 53.5 Å². The molecule has 1 amide bonds. The molecule has 0 N–H and O–H groups in total. The van der Waals surface area contributed by atoms with Crippen LogP contribution in [-0.4, -0.2) is 33.2 Å². The van der Waals surface area contributed by atoms with E-state index in [1.807, 2.05) is 34.7 Å². The fourth-order valence-corrected chi connectivity index (χ4v) is 3.38. The van der Waals surface area contributed by atoms with E-state index in [1.54, 1.807) is 0 Å². The van der Waals surface area contributed by atoms with Crippen molar-refractivity contribution in [2.45, 2.75) is 52.6 Å². The lowest BCUT2D eigenvalue weighted by molar-refractivity contribution is 0.0635. The van der Waals surface area contributed by atoms with Gasteiger partial charge in [-0.05, 0) is 63.8 Å². The summed E-state index contributed by atoms with van der Waals surface area (Å²) < 4.78 is 1.99. The van der Waals surface area contributed by atoms with Crippen LogP contribution in [-0.2, 0) is 6.54 Å². The van der Waals surface area contributed by atoms with Crippen LogP contribution in [0.4, 0.5) is 0 Å². The molecule has 2 aromatic rings. The first-order valence-corrected chi connectivity index (χ1v) is 8.45. The number of carbonyl (C=O) groups excluding carboxylic acids is 1. The van der Waals surface area contributed by atoms with Gasteiger partial charge in [-0.1, -0.05) is 12.1 Å². The van der Waals surface area contributed by atoms with Crippen LogP contribution in [0.2, 0.25) is 0 Å². The average molecular weight is 311 g/mol. The first-order valence-electron chi connectivity index (χ1n) is 8.45. The van der Waals surface area contributed by atoms with E-state index in [2.05, 4.69) is 31.1 Å². The van der Waals surface area contributed by atoms with Gasteiger partial charge < -0.3 is 4.90 Å². The molecule has 2 heterocycles. The Labute approximate surface area is 138 Å². The highest BCUT2D eigenvalue weighted by molar-refractivity contribution is 5.94.